The van der Waals surface area contributed by atoms with E-state index in [0.717, 1.165) is 71.2 Å². The van der Waals surface area contributed by atoms with Crippen LogP contribution in [0.2, 0.25) is 0 Å². The quantitative estimate of drug-likeness (QED) is 0.484. The largest absolute Gasteiger partial charge is 0.486 e. The highest BCUT2D eigenvalue weighted by molar-refractivity contribution is 7.11. The van der Waals surface area contributed by atoms with Crippen LogP contribution >= 0.6 is 11.3 Å². The molecule has 6 rings (SSSR count). The van der Waals surface area contributed by atoms with Crippen LogP contribution < -0.4 is 10.4 Å². The standard InChI is InChI=1S/C25H23FN4O3S/c26-17-2-3-18-19(24-21(27-15-34-24)14-33-23(18)13-17)11-16-1-4-22-20(12-16)28-25(31)30(22)6-5-29-7-9-32-10-8-29/h1-4,11-13,15H,5-10,14H2,(H,28,31)/b19-11+. The van der Waals surface area contributed by atoms with Gasteiger partial charge < -0.3 is 14.5 Å². The van der Waals surface area contributed by atoms with Crippen molar-refractivity contribution in [2.75, 3.05) is 32.8 Å². The second-order valence-electron chi connectivity index (χ2n) is 8.43. The van der Waals surface area contributed by atoms with Crippen LogP contribution in [0, 0.1) is 5.82 Å². The Bertz CT molecular complexity index is 1450. The number of hydrogen-bond acceptors (Lipinski definition) is 6. The molecule has 0 unspecified atom stereocenters. The molecule has 0 radical (unpaired) electrons. The third-order valence-electron chi connectivity index (χ3n) is 6.34. The van der Waals surface area contributed by atoms with Crippen LogP contribution in [0.25, 0.3) is 22.7 Å². The smallest absolute Gasteiger partial charge is 0.326 e. The summed E-state index contributed by atoms with van der Waals surface area (Å²) in [5.74, 6) is 0.161. The van der Waals surface area contributed by atoms with Crippen LogP contribution in [0.1, 0.15) is 21.7 Å². The molecule has 0 bridgehead atoms. The highest BCUT2D eigenvalue weighted by Crippen LogP contribution is 2.40. The van der Waals surface area contributed by atoms with Crippen molar-refractivity contribution in [3.8, 4) is 5.75 Å². The van der Waals surface area contributed by atoms with Gasteiger partial charge in [0.15, 0.2) is 0 Å². The molecule has 4 aromatic rings. The number of benzene rings is 2. The van der Waals surface area contributed by atoms with Crippen molar-refractivity contribution in [3.05, 3.63) is 79.9 Å². The Balaban J connectivity index is 1.37. The molecular weight excluding hydrogens is 455 g/mol. The van der Waals surface area contributed by atoms with E-state index in [9.17, 15) is 9.18 Å². The van der Waals surface area contributed by atoms with E-state index in [2.05, 4.69) is 14.9 Å². The zero-order chi connectivity index (χ0) is 23.1. The summed E-state index contributed by atoms with van der Waals surface area (Å²) in [5, 5.41) is 0. The third kappa shape index (κ3) is 3.96. The fourth-order valence-electron chi connectivity index (χ4n) is 4.57. The van der Waals surface area contributed by atoms with E-state index < -0.39 is 0 Å². The minimum atomic E-state index is -0.339. The molecular formula is C25H23FN4O3S. The van der Waals surface area contributed by atoms with Crippen LogP contribution in [0.3, 0.4) is 0 Å². The summed E-state index contributed by atoms with van der Waals surface area (Å²) in [6, 6.07) is 10.6. The first-order valence-corrected chi connectivity index (χ1v) is 12.1. The zero-order valence-electron chi connectivity index (χ0n) is 18.4. The molecule has 4 heterocycles. The number of morpholine rings is 1. The van der Waals surface area contributed by atoms with E-state index in [1.54, 1.807) is 16.1 Å². The van der Waals surface area contributed by atoms with Gasteiger partial charge in [0.05, 0.1) is 40.3 Å². The van der Waals surface area contributed by atoms with Gasteiger partial charge in [-0.1, -0.05) is 6.07 Å². The highest BCUT2D eigenvalue weighted by atomic mass is 32.1. The van der Waals surface area contributed by atoms with Crippen molar-refractivity contribution in [1.29, 1.82) is 0 Å². The van der Waals surface area contributed by atoms with Crippen molar-refractivity contribution in [1.82, 2.24) is 19.4 Å². The Kier molecular flexibility index (Phi) is 5.52. The number of nitrogens with one attached hydrogen (secondary N) is 1. The number of halogens is 1. The first-order chi connectivity index (χ1) is 16.7. The van der Waals surface area contributed by atoms with Crippen LogP contribution in [0.4, 0.5) is 4.39 Å². The number of aromatic nitrogens is 3. The Morgan fingerprint density at radius 3 is 2.91 bits per heavy atom. The van der Waals surface area contributed by atoms with Crippen molar-refractivity contribution in [2.24, 2.45) is 0 Å². The number of imidazole rings is 1. The van der Waals surface area contributed by atoms with Gasteiger partial charge in [-0.3, -0.25) is 9.47 Å². The van der Waals surface area contributed by atoms with Gasteiger partial charge in [0.1, 0.15) is 18.2 Å². The lowest BCUT2D eigenvalue weighted by atomic mass is 9.99. The van der Waals surface area contributed by atoms with Gasteiger partial charge in [-0.25, -0.2) is 14.2 Å². The molecule has 7 nitrogen and oxygen atoms in total. The maximum atomic E-state index is 13.9. The fraction of sp³-hybridized carbons (Fsp3) is 0.280. The number of fused-ring (bicyclic) bond motifs is 3. The highest BCUT2D eigenvalue weighted by Gasteiger charge is 2.22. The zero-order valence-corrected chi connectivity index (χ0v) is 19.2. The summed E-state index contributed by atoms with van der Waals surface area (Å²) in [6.45, 7) is 4.99. The maximum Gasteiger partial charge on any atom is 0.326 e. The Morgan fingerprint density at radius 2 is 2.03 bits per heavy atom. The molecule has 0 atom stereocenters. The monoisotopic (exact) mass is 478 g/mol. The van der Waals surface area contributed by atoms with Crippen LogP contribution in [-0.2, 0) is 17.9 Å². The number of aromatic amines is 1. The predicted molar refractivity (Wildman–Crippen MR) is 130 cm³/mol. The molecule has 2 aromatic carbocycles. The molecule has 0 amide bonds. The first-order valence-electron chi connectivity index (χ1n) is 11.3. The van der Waals surface area contributed by atoms with Crippen molar-refractivity contribution in [3.63, 3.8) is 0 Å². The fourth-order valence-corrected chi connectivity index (χ4v) is 5.40. The molecule has 0 spiro atoms. The lowest BCUT2D eigenvalue weighted by molar-refractivity contribution is 0.0364. The summed E-state index contributed by atoms with van der Waals surface area (Å²) in [7, 11) is 0. The number of nitrogens with zero attached hydrogens (tertiary/aromatic N) is 3. The Morgan fingerprint density at radius 1 is 1.15 bits per heavy atom. The van der Waals surface area contributed by atoms with Crippen molar-refractivity contribution in [2.45, 2.75) is 13.2 Å². The van der Waals surface area contributed by atoms with Crippen LogP contribution in [0.5, 0.6) is 5.75 Å². The lowest BCUT2D eigenvalue weighted by Crippen LogP contribution is -2.39. The Labute approximate surface area is 199 Å². The van der Waals surface area contributed by atoms with Crippen LogP contribution in [-0.4, -0.2) is 52.3 Å². The van der Waals surface area contributed by atoms with Crippen molar-refractivity contribution >= 4 is 34.0 Å². The molecule has 2 aliphatic heterocycles. The van der Waals surface area contributed by atoms with Gasteiger partial charge in [0.25, 0.3) is 0 Å². The van der Waals surface area contributed by atoms with E-state index in [1.165, 1.54) is 23.5 Å². The number of rotatable bonds is 4. The van der Waals surface area contributed by atoms with Gasteiger partial charge in [0.2, 0.25) is 0 Å². The number of hydrogen-bond donors (Lipinski definition) is 1. The van der Waals surface area contributed by atoms with Gasteiger partial charge in [-0.15, -0.1) is 11.3 Å². The van der Waals surface area contributed by atoms with E-state index in [-0.39, 0.29) is 11.5 Å². The van der Waals surface area contributed by atoms with Gasteiger partial charge in [-0.2, -0.15) is 0 Å². The van der Waals surface area contributed by atoms with E-state index in [0.29, 0.717) is 18.9 Å². The molecule has 34 heavy (non-hydrogen) atoms. The van der Waals surface area contributed by atoms with E-state index in [4.69, 9.17) is 9.47 Å². The van der Waals surface area contributed by atoms with Gasteiger partial charge >= 0.3 is 5.69 Å². The molecule has 9 heteroatoms. The van der Waals surface area contributed by atoms with E-state index in [1.807, 2.05) is 24.3 Å². The lowest BCUT2D eigenvalue weighted by Gasteiger charge is -2.26. The summed E-state index contributed by atoms with van der Waals surface area (Å²) in [5.41, 5.74) is 6.87. The second-order valence-corrected chi connectivity index (χ2v) is 9.28. The van der Waals surface area contributed by atoms with Gasteiger partial charge in [-0.05, 0) is 35.9 Å². The molecule has 1 fully saturated rings. The second kappa shape index (κ2) is 8.83. The average Bonchev–Trinajstić information content (AvgIpc) is 3.40. The topological polar surface area (TPSA) is 72.4 Å². The van der Waals surface area contributed by atoms with E-state index >= 15 is 0 Å². The van der Waals surface area contributed by atoms with Crippen molar-refractivity contribution < 1.29 is 13.9 Å². The number of thiazole rings is 1. The normalized spacial score (nSPS) is 17.4. The summed E-state index contributed by atoms with van der Waals surface area (Å²) in [4.78, 5) is 23.4. The summed E-state index contributed by atoms with van der Waals surface area (Å²) < 4.78 is 26.9. The molecule has 1 saturated heterocycles. The first kappa shape index (κ1) is 21.3. The molecule has 2 aliphatic rings. The number of ether oxygens (including phenoxy) is 2. The third-order valence-corrected chi connectivity index (χ3v) is 7.24. The summed E-state index contributed by atoms with van der Waals surface area (Å²) >= 11 is 1.54. The van der Waals surface area contributed by atoms with Gasteiger partial charge in [0, 0.05) is 43.4 Å². The SMILES string of the molecule is O=c1[nH]c2cc(/C=C3\c4ccc(F)cc4OCc4ncsc43)ccc2n1CCN1CCOCC1. The van der Waals surface area contributed by atoms with Crippen LogP contribution in [0.15, 0.2) is 46.7 Å². The minimum absolute atomic E-state index is 0.110. The summed E-state index contributed by atoms with van der Waals surface area (Å²) in [6.07, 6.45) is 2.05. The predicted octanol–water partition coefficient (Wildman–Crippen LogP) is 3.74. The molecule has 1 N–H and O–H groups in total. The minimum Gasteiger partial charge on any atom is -0.486 e. The Hall–Kier alpha value is -3.27. The molecule has 0 saturated carbocycles. The molecule has 2 aromatic heterocycles. The average molecular weight is 479 g/mol. The molecule has 174 valence electrons. The maximum absolute atomic E-state index is 13.9. The molecule has 0 aliphatic carbocycles. The number of H-pyrrole nitrogens is 1.